The maximum atomic E-state index is 12.7. The lowest BCUT2D eigenvalue weighted by atomic mass is 9.98. The predicted octanol–water partition coefficient (Wildman–Crippen LogP) is 1.61. The fraction of sp³-hybridized carbons (Fsp3) is 0.318. The molecule has 1 aromatic heterocycles. The molecule has 0 saturated carbocycles. The largest absolute Gasteiger partial charge is 0.354 e. The maximum Gasteiger partial charge on any atom is 0.275 e. The van der Waals surface area contributed by atoms with E-state index in [2.05, 4.69) is 10.4 Å². The predicted molar refractivity (Wildman–Crippen MR) is 117 cm³/mol. The lowest BCUT2D eigenvalue weighted by Gasteiger charge is -2.31. The van der Waals surface area contributed by atoms with Crippen molar-refractivity contribution in [1.82, 2.24) is 19.4 Å². The van der Waals surface area contributed by atoms with E-state index in [-0.39, 0.29) is 23.9 Å². The Morgan fingerprint density at radius 3 is 2.45 bits per heavy atom. The van der Waals surface area contributed by atoms with Gasteiger partial charge in [0, 0.05) is 25.0 Å². The fourth-order valence-corrected chi connectivity index (χ4v) is 5.28. The lowest BCUT2D eigenvalue weighted by molar-refractivity contribution is -0.122. The van der Waals surface area contributed by atoms with Gasteiger partial charge in [-0.3, -0.25) is 9.59 Å². The molecule has 1 fully saturated rings. The highest BCUT2D eigenvalue weighted by Crippen LogP contribution is 2.23. The molecule has 2 aromatic carbocycles. The third-order valence-electron chi connectivity index (χ3n) is 5.60. The van der Waals surface area contributed by atoms with Gasteiger partial charge >= 0.3 is 0 Å². The average molecular weight is 441 g/mol. The molecule has 1 saturated heterocycles. The Hall–Kier alpha value is -3.04. The van der Waals surface area contributed by atoms with Gasteiger partial charge in [0.15, 0.2) is 0 Å². The molecule has 1 aliphatic rings. The number of carbonyl (C=O) groups excluding carboxylic acids is 1. The minimum absolute atomic E-state index is 0.148. The maximum absolute atomic E-state index is 12.7. The summed E-state index contributed by atoms with van der Waals surface area (Å²) in [6.45, 7) is 1.14. The van der Waals surface area contributed by atoms with Crippen molar-refractivity contribution < 1.29 is 13.2 Å². The van der Waals surface area contributed by atoms with Gasteiger partial charge in [-0.2, -0.15) is 9.40 Å². The van der Waals surface area contributed by atoms with E-state index in [1.807, 2.05) is 6.07 Å². The van der Waals surface area contributed by atoms with Crippen molar-refractivity contribution in [2.24, 2.45) is 5.92 Å². The molecular weight excluding hydrogens is 416 g/mol. The Morgan fingerprint density at radius 1 is 1.03 bits per heavy atom. The van der Waals surface area contributed by atoms with Crippen LogP contribution in [0.3, 0.4) is 0 Å². The number of nitrogens with one attached hydrogen (secondary N) is 1. The molecule has 1 aliphatic heterocycles. The van der Waals surface area contributed by atoms with E-state index < -0.39 is 10.0 Å². The first kappa shape index (κ1) is 21.2. The van der Waals surface area contributed by atoms with Crippen LogP contribution in [-0.2, 0) is 21.4 Å². The van der Waals surface area contributed by atoms with Crippen LogP contribution in [0.4, 0.5) is 0 Å². The number of hydrogen-bond acceptors (Lipinski definition) is 5. The second kappa shape index (κ2) is 8.99. The normalized spacial score (nSPS) is 15.7. The van der Waals surface area contributed by atoms with Crippen molar-refractivity contribution in [1.29, 1.82) is 0 Å². The van der Waals surface area contributed by atoms with Gasteiger partial charge < -0.3 is 5.32 Å². The molecule has 3 aromatic rings. The van der Waals surface area contributed by atoms with Crippen LogP contribution in [0.25, 0.3) is 10.8 Å². The summed E-state index contributed by atoms with van der Waals surface area (Å²) in [7, 11) is -3.48. The smallest absolute Gasteiger partial charge is 0.275 e. The number of piperidine rings is 1. The molecule has 162 valence electrons. The van der Waals surface area contributed by atoms with E-state index in [9.17, 15) is 18.0 Å². The van der Waals surface area contributed by atoms with E-state index in [1.54, 1.807) is 54.7 Å². The lowest BCUT2D eigenvalue weighted by Crippen LogP contribution is -2.42. The number of rotatable bonds is 6. The summed E-state index contributed by atoms with van der Waals surface area (Å²) in [5.74, 6) is -0.100. The van der Waals surface area contributed by atoms with Crippen molar-refractivity contribution >= 4 is 26.7 Å². The molecular formula is C22H24N4O4S. The molecule has 0 radical (unpaired) electrons. The number of benzene rings is 2. The number of carbonyl (C=O) groups is 1. The summed E-state index contributed by atoms with van der Waals surface area (Å²) < 4.78 is 28.1. The highest BCUT2D eigenvalue weighted by molar-refractivity contribution is 7.89. The zero-order valence-corrected chi connectivity index (χ0v) is 17.8. The van der Waals surface area contributed by atoms with Gasteiger partial charge in [0.25, 0.3) is 5.56 Å². The zero-order chi connectivity index (χ0) is 21.8. The van der Waals surface area contributed by atoms with Crippen LogP contribution < -0.4 is 10.9 Å². The SMILES string of the molecule is O=C(Cn1ncc2ccccc2c1=O)NCC1CCN(S(=O)(=O)c2ccccc2)CC1. The Balaban J connectivity index is 1.30. The first-order valence-corrected chi connectivity index (χ1v) is 11.7. The van der Waals surface area contributed by atoms with Crippen molar-refractivity contribution in [2.45, 2.75) is 24.3 Å². The summed E-state index contributed by atoms with van der Waals surface area (Å²) >= 11 is 0. The Morgan fingerprint density at radius 2 is 1.71 bits per heavy atom. The number of hydrogen-bond donors (Lipinski definition) is 1. The van der Waals surface area contributed by atoms with Crippen LogP contribution in [0, 0.1) is 5.92 Å². The minimum Gasteiger partial charge on any atom is -0.354 e. The standard InChI is InChI=1S/C22H24N4O4S/c27-21(16-26-22(28)20-9-5-4-6-18(20)15-24-26)23-14-17-10-12-25(13-11-17)31(29,30)19-7-2-1-3-8-19/h1-9,15,17H,10-14,16H2,(H,23,27). The van der Waals surface area contributed by atoms with Crippen LogP contribution in [-0.4, -0.2) is 48.0 Å². The van der Waals surface area contributed by atoms with E-state index in [0.29, 0.717) is 42.8 Å². The van der Waals surface area contributed by atoms with Crippen LogP contribution in [0.2, 0.25) is 0 Å². The first-order valence-electron chi connectivity index (χ1n) is 10.2. The summed E-state index contributed by atoms with van der Waals surface area (Å²) in [6, 6.07) is 15.5. The molecule has 0 bridgehead atoms. The Bertz CT molecular complexity index is 1230. The van der Waals surface area contributed by atoms with Crippen LogP contribution in [0.15, 0.2) is 70.5 Å². The van der Waals surface area contributed by atoms with E-state index in [0.717, 1.165) is 10.1 Å². The molecule has 4 rings (SSSR count). The molecule has 0 spiro atoms. The summed E-state index contributed by atoms with van der Waals surface area (Å²) in [4.78, 5) is 25.1. The van der Waals surface area contributed by atoms with Gasteiger partial charge in [-0.15, -0.1) is 0 Å². The van der Waals surface area contributed by atoms with Gasteiger partial charge in [-0.1, -0.05) is 36.4 Å². The minimum atomic E-state index is -3.48. The molecule has 2 heterocycles. The number of nitrogens with zero attached hydrogens (tertiary/aromatic N) is 3. The topological polar surface area (TPSA) is 101 Å². The first-order chi connectivity index (χ1) is 14.9. The van der Waals surface area contributed by atoms with E-state index in [4.69, 9.17) is 0 Å². The Kier molecular flexibility index (Phi) is 6.15. The molecule has 9 heteroatoms. The van der Waals surface area contributed by atoms with Gasteiger partial charge in [0.05, 0.1) is 16.5 Å². The molecule has 0 unspecified atom stereocenters. The van der Waals surface area contributed by atoms with E-state index in [1.165, 1.54) is 4.31 Å². The van der Waals surface area contributed by atoms with Gasteiger partial charge in [-0.05, 0) is 37.0 Å². The van der Waals surface area contributed by atoms with Gasteiger partial charge in [0.2, 0.25) is 15.9 Å². The van der Waals surface area contributed by atoms with Crippen molar-refractivity contribution in [3.8, 4) is 0 Å². The number of fused-ring (bicyclic) bond motifs is 1. The zero-order valence-electron chi connectivity index (χ0n) is 17.0. The van der Waals surface area contributed by atoms with Gasteiger partial charge in [0.1, 0.15) is 6.54 Å². The summed E-state index contributed by atoms with van der Waals surface area (Å²) in [5.41, 5.74) is -0.298. The van der Waals surface area contributed by atoms with Crippen LogP contribution in [0.5, 0.6) is 0 Å². The number of sulfonamides is 1. The summed E-state index contributed by atoms with van der Waals surface area (Å²) in [6.07, 6.45) is 2.91. The third-order valence-corrected chi connectivity index (χ3v) is 7.51. The highest BCUT2D eigenvalue weighted by atomic mass is 32.2. The molecule has 0 aliphatic carbocycles. The molecule has 31 heavy (non-hydrogen) atoms. The molecule has 1 amide bonds. The molecule has 1 N–H and O–H groups in total. The number of aromatic nitrogens is 2. The second-order valence-corrected chi connectivity index (χ2v) is 9.60. The van der Waals surface area contributed by atoms with Crippen molar-refractivity contribution in [3.05, 3.63) is 71.1 Å². The van der Waals surface area contributed by atoms with Crippen molar-refractivity contribution in [3.63, 3.8) is 0 Å². The molecule has 8 nitrogen and oxygen atoms in total. The van der Waals surface area contributed by atoms with Gasteiger partial charge in [-0.25, -0.2) is 13.1 Å². The van der Waals surface area contributed by atoms with E-state index >= 15 is 0 Å². The second-order valence-electron chi connectivity index (χ2n) is 7.66. The quantitative estimate of drug-likeness (QED) is 0.628. The van der Waals surface area contributed by atoms with Crippen LogP contribution in [0.1, 0.15) is 12.8 Å². The summed E-state index contributed by atoms with van der Waals surface area (Å²) in [5, 5.41) is 8.19. The monoisotopic (exact) mass is 440 g/mol. The highest BCUT2D eigenvalue weighted by Gasteiger charge is 2.29. The molecule has 0 atom stereocenters. The van der Waals surface area contributed by atoms with Crippen molar-refractivity contribution in [2.75, 3.05) is 19.6 Å². The third kappa shape index (κ3) is 4.67. The Labute approximate surface area is 180 Å². The average Bonchev–Trinajstić information content (AvgIpc) is 2.80. The van der Waals surface area contributed by atoms with Crippen LogP contribution >= 0.6 is 0 Å². The number of amides is 1. The fourth-order valence-electron chi connectivity index (χ4n) is 3.79.